The summed E-state index contributed by atoms with van der Waals surface area (Å²) in [7, 11) is 1.92. The number of anilines is 1. The molecule has 5 nitrogen and oxygen atoms in total. The summed E-state index contributed by atoms with van der Waals surface area (Å²) >= 11 is 6.46. The molecule has 1 aromatic carbocycles. The van der Waals surface area contributed by atoms with Crippen LogP contribution in [-0.4, -0.2) is 64.9 Å². The molecule has 1 aromatic heterocycles. The molecule has 3 heterocycles. The molecule has 0 bridgehead atoms. The molecule has 2 aliphatic rings. The summed E-state index contributed by atoms with van der Waals surface area (Å²) in [5.74, 6) is 0. The maximum absolute atomic E-state index is 6.46. The van der Waals surface area contributed by atoms with Crippen molar-refractivity contribution >= 4 is 17.3 Å². The normalized spacial score (nSPS) is 22.0. The first-order valence-electron chi connectivity index (χ1n) is 10.5. The molecule has 0 aliphatic carbocycles. The Morgan fingerprint density at radius 3 is 2.50 bits per heavy atom. The van der Waals surface area contributed by atoms with E-state index in [2.05, 4.69) is 57.9 Å². The molecule has 6 heteroatoms. The quantitative estimate of drug-likeness (QED) is 0.783. The van der Waals surface area contributed by atoms with Crippen molar-refractivity contribution in [1.82, 2.24) is 19.6 Å². The van der Waals surface area contributed by atoms with Gasteiger partial charge in [0.05, 0.1) is 5.69 Å². The third-order valence-electron chi connectivity index (χ3n) is 6.42. The standard InChI is InChI=1S/C22H32ClN5/c1-17-7-4-5-9-21(17)28-13-11-27(12-14-28)19-8-6-10-26(15-19)16-20-18(2)24-25(3)22(20)23/h4-5,7,9,19H,6,8,10-16H2,1-3H3/t19-/m0/s1. The van der Waals surface area contributed by atoms with E-state index in [4.69, 9.17) is 11.6 Å². The van der Waals surface area contributed by atoms with Gasteiger partial charge in [-0.25, -0.2) is 0 Å². The number of piperazine rings is 1. The second-order valence-corrected chi connectivity index (χ2v) is 8.68. The maximum Gasteiger partial charge on any atom is 0.131 e. The van der Waals surface area contributed by atoms with Crippen molar-refractivity contribution in [2.75, 3.05) is 44.2 Å². The van der Waals surface area contributed by atoms with E-state index < -0.39 is 0 Å². The van der Waals surface area contributed by atoms with Crippen molar-refractivity contribution in [3.05, 3.63) is 46.2 Å². The largest absolute Gasteiger partial charge is 0.369 e. The minimum absolute atomic E-state index is 0.656. The summed E-state index contributed by atoms with van der Waals surface area (Å²) in [6, 6.07) is 9.41. The molecule has 0 N–H and O–H groups in total. The fourth-order valence-electron chi connectivity index (χ4n) is 4.80. The minimum Gasteiger partial charge on any atom is -0.369 e. The number of para-hydroxylation sites is 1. The molecule has 2 saturated heterocycles. The minimum atomic E-state index is 0.656. The van der Waals surface area contributed by atoms with Crippen molar-refractivity contribution in [2.24, 2.45) is 7.05 Å². The van der Waals surface area contributed by atoms with E-state index in [1.165, 1.54) is 29.7 Å². The highest BCUT2D eigenvalue weighted by Crippen LogP contribution is 2.26. The monoisotopic (exact) mass is 401 g/mol. The Morgan fingerprint density at radius 2 is 1.82 bits per heavy atom. The van der Waals surface area contributed by atoms with Gasteiger partial charge >= 0.3 is 0 Å². The van der Waals surface area contributed by atoms with Crippen LogP contribution in [0.1, 0.15) is 29.7 Å². The van der Waals surface area contributed by atoms with E-state index in [9.17, 15) is 0 Å². The Hall–Kier alpha value is -1.56. The van der Waals surface area contributed by atoms with Crippen LogP contribution < -0.4 is 4.90 Å². The second-order valence-electron chi connectivity index (χ2n) is 8.32. The number of aryl methyl sites for hydroxylation is 3. The predicted molar refractivity (Wildman–Crippen MR) is 116 cm³/mol. The Morgan fingerprint density at radius 1 is 1.07 bits per heavy atom. The summed E-state index contributed by atoms with van der Waals surface area (Å²) in [5.41, 5.74) is 5.02. The SMILES string of the molecule is Cc1ccccc1N1CCN([C@H]2CCCN(Cc3c(C)nn(C)c3Cl)C2)CC1. The first kappa shape index (κ1) is 19.7. The first-order valence-corrected chi connectivity index (χ1v) is 10.9. The fraction of sp³-hybridized carbons (Fsp3) is 0.591. The van der Waals surface area contributed by atoms with Gasteiger partial charge in [0.25, 0.3) is 0 Å². The Labute approximate surface area is 173 Å². The maximum atomic E-state index is 6.46. The molecule has 0 radical (unpaired) electrons. The molecule has 0 spiro atoms. The van der Waals surface area contributed by atoms with Crippen molar-refractivity contribution in [3.63, 3.8) is 0 Å². The van der Waals surface area contributed by atoms with Crippen LogP contribution in [0.2, 0.25) is 5.15 Å². The highest BCUT2D eigenvalue weighted by atomic mass is 35.5. The van der Waals surface area contributed by atoms with E-state index in [-0.39, 0.29) is 0 Å². The van der Waals surface area contributed by atoms with Crippen LogP contribution in [0.15, 0.2) is 24.3 Å². The van der Waals surface area contributed by atoms with Crippen molar-refractivity contribution < 1.29 is 0 Å². The van der Waals surface area contributed by atoms with Crippen LogP contribution in [-0.2, 0) is 13.6 Å². The van der Waals surface area contributed by atoms with E-state index in [0.29, 0.717) is 6.04 Å². The van der Waals surface area contributed by atoms with Gasteiger partial charge in [-0.05, 0) is 44.9 Å². The van der Waals surface area contributed by atoms with Crippen molar-refractivity contribution in [3.8, 4) is 0 Å². The van der Waals surface area contributed by atoms with E-state index in [1.807, 2.05) is 7.05 Å². The van der Waals surface area contributed by atoms with E-state index in [0.717, 1.165) is 56.7 Å². The lowest BCUT2D eigenvalue weighted by Crippen LogP contribution is -2.55. The van der Waals surface area contributed by atoms with Crippen LogP contribution in [0.4, 0.5) is 5.69 Å². The third-order valence-corrected chi connectivity index (χ3v) is 6.89. The van der Waals surface area contributed by atoms with Crippen molar-refractivity contribution in [1.29, 1.82) is 0 Å². The lowest BCUT2D eigenvalue weighted by Gasteiger charge is -2.44. The molecule has 0 saturated carbocycles. The van der Waals surface area contributed by atoms with Crippen LogP contribution in [0.25, 0.3) is 0 Å². The number of aromatic nitrogens is 2. The molecule has 28 heavy (non-hydrogen) atoms. The van der Waals surface area contributed by atoms with Gasteiger partial charge in [-0.3, -0.25) is 14.5 Å². The number of hydrogen-bond donors (Lipinski definition) is 0. The first-order chi connectivity index (χ1) is 13.5. The van der Waals surface area contributed by atoms with Gasteiger partial charge in [0.15, 0.2) is 0 Å². The van der Waals surface area contributed by atoms with Gasteiger partial charge in [-0.2, -0.15) is 5.10 Å². The zero-order chi connectivity index (χ0) is 19.7. The average Bonchev–Trinajstić information content (AvgIpc) is 2.95. The number of halogens is 1. The van der Waals surface area contributed by atoms with Crippen LogP contribution in [0.3, 0.4) is 0 Å². The van der Waals surface area contributed by atoms with Gasteiger partial charge in [0.1, 0.15) is 5.15 Å². The summed E-state index contributed by atoms with van der Waals surface area (Å²) in [6.07, 6.45) is 2.57. The lowest BCUT2D eigenvalue weighted by atomic mass is 10.0. The van der Waals surface area contributed by atoms with Crippen LogP contribution in [0, 0.1) is 13.8 Å². The molecular weight excluding hydrogens is 370 g/mol. The molecule has 4 rings (SSSR count). The fourth-order valence-corrected chi connectivity index (χ4v) is 5.03. The van der Waals surface area contributed by atoms with E-state index in [1.54, 1.807) is 4.68 Å². The van der Waals surface area contributed by atoms with Gasteiger partial charge in [-0.15, -0.1) is 0 Å². The molecular formula is C22H32ClN5. The number of piperidine rings is 1. The number of likely N-dealkylation sites (tertiary alicyclic amines) is 1. The molecule has 0 amide bonds. The highest BCUT2D eigenvalue weighted by molar-refractivity contribution is 6.30. The zero-order valence-electron chi connectivity index (χ0n) is 17.4. The molecule has 1 atom stereocenters. The molecule has 0 unspecified atom stereocenters. The molecule has 2 aromatic rings. The van der Waals surface area contributed by atoms with E-state index >= 15 is 0 Å². The summed E-state index contributed by atoms with van der Waals surface area (Å²) in [4.78, 5) is 7.82. The Kier molecular flexibility index (Phi) is 5.95. The van der Waals surface area contributed by atoms with Crippen molar-refractivity contribution in [2.45, 2.75) is 39.3 Å². The predicted octanol–water partition coefficient (Wildman–Crippen LogP) is 3.48. The summed E-state index contributed by atoms with van der Waals surface area (Å²) in [5, 5.41) is 5.26. The van der Waals surface area contributed by atoms with Crippen LogP contribution >= 0.6 is 11.6 Å². The second kappa shape index (κ2) is 8.44. The average molecular weight is 402 g/mol. The lowest BCUT2D eigenvalue weighted by molar-refractivity contribution is 0.0886. The molecule has 152 valence electrons. The number of benzene rings is 1. The smallest absolute Gasteiger partial charge is 0.131 e. The summed E-state index contributed by atoms with van der Waals surface area (Å²) < 4.78 is 1.79. The highest BCUT2D eigenvalue weighted by Gasteiger charge is 2.29. The Bertz CT molecular complexity index is 809. The third kappa shape index (κ3) is 4.07. The molecule has 2 aliphatic heterocycles. The van der Waals surface area contributed by atoms with Gasteiger partial charge in [-0.1, -0.05) is 29.8 Å². The van der Waals surface area contributed by atoms with Gasteiger partial charge < -0.3 is 4.90 Å². The van der Waals surface area contributed by atoms with Gasteiger partial charge in [0.2, 0.25) is 0 Å². The summed E-state index contributed by atoms with van der Waals surface area (Å²) in [6.45, 7) is 12.0. The molecule has 2 fully saturated rings. The number of rotatable bonds is 4. The topological polar surface area (TPSA) is 27.5 Å². The Balaban J connectivity index is 1.35. The number of hydrogen-bond acceptors (Lipinski definition) is 4. The zero-order valence-corrected chi connectivity index (χ0v) is 18.1. The van der Waals surface area contributed by atoms with Crippen LogP contribution in [0.5, 0.6) is 0 Å². The van der Waals surface area contributed by atoms with Gasteiger partial charge in [0, 0.05) is 63.6 Å². The number of nitrogens with zero attached hydrogens (tertiary/aromatic N) is 5.